The number of carbonyl (C=O) groups is 1. The molecule has 3 aromatic heterocycles. The largest absolute Gasteiger partial charge is 0.346 e. The average molecular weight is 347 g/mol. The van der Waals surface area contributed by atoms with Crippen molar-refractivity contribution < 1.29 is 4.79 Å². The van der Waals surface area contributed by atoms with Gasteiger partial charge in [-0.2, -0.15) is 5.10 Å². The maximum absolute atomic E-state index is 12.2. The van der Waals surface area contributed by atoms with E-state index in [0.29, 0.717) is 18.2 Å². The molecule has 0 aromatic carbocycles. The van der Waals surface area contributed by atoms with Crippen molar-refractivity contribution in [3.05, 3.63) is 66.2 Å². The van der Waals surface area contributed by atoms with Crippen molar-refractivity contribution >= 4 is 5.91 Å². The van der Waals surface area contributed by atoms with Gasteiger partial charge in [-0.05, 0) is 43.2 Å². The molecule has 1 amide bonds. The van der Waals surface area contributed by atoms with Gasteiger partial charge in [0.15, 0.2) is 0 Å². The van der Waals surface area contributed by atoms with Crippen LogP contribution in [0.5, 0.6) is 0 Å². The summed E-state index contributed by atoms with van der Waals surface area (Å²) in [6.07, 6.45) is 9.76. The summed E-state index contributed by atoms with van der Waals surface area (Å²) in [5, 5.41) is 7.70. The van der Waals surface area contributed by atoms with Gasteiger partial charge in [0.25, 0.3) is 5.91 Å². The zero-order chi connectivity index (χ0) is 17.8. The van der Waals surface area contributed by atoms with Gasteiger partial charge in [-0.3, -0.25) is 19.4 Å². The molecule has 1 aliphatic rings. The van der Waals surface area contributed by atoms with Gasteiger partial charge in [0.05, 0.1) is 35.2 Å². The van der Waals surface area contributed by atoms with Crippen molar-refractivity contribution in [3.63, 3.8) is 0 Å². The van der Waals surface area contributed by atoms with Gasteiger partial charge >= 0.3 is 0 Å². The zero-order valence-electron chi connectivity index (χ0n) is 14.5. The summed E-state index contributed by atoms with van der Waals surface area (Å²) >= 11 is 0. The van der Waals surface area contributed by atoms with Crippen LogP contribution in [0.1, 0.15) is 47.8 Å². The first-order chi connectivity index (χ1) is 12.8. The molecular formula is C20H21N5O. The summed E-state index contributed by atoms with van der Waals surface area (Å²) in [6, 6.07) is 11.8. The van der Waals surface area contributed by atoms with Crippen LogP contribution in [0.4, 0.5) is 0 Å². The van der Waals surface area contributed by atoms with E-state index >= 15 is 0 Å². The molecule has 26 heavy (non-hydrogen) atoms. The van der Waals surface area contributed by atoms with Crippen LogP contribution in [0, 0.1) is 0 Å². The molecule has 1 fully saturated rings. The molecule has 1 saturated carbocycles. The molecule has 0 bridgehead atoms. The smallest absolute Gasteiger partial charge is 0.253 e. The Hall–Kier alpha value is -3.02. The minimum atomic E-state index is -0.145. The molecule has 0 unspecified atom stereocenters. The fourth-order valence-corrected chi connectivity index (χ4v) is 3.43. The molecule has 3 heterocycles. The van der Waals surface area contributed by atoms with Crippen LogP contribution in [-0.4, -0.2) is 25.7 Å². The summed E-state index contributed by atoms with van der Waals surface area (Å²) in [6.45, 7) is 0.382. The van der Waals surface area contributed by atoms with E-state index in [4.69, 9.17) is 5.10 Å². The lowest BCUT2D eigenvalue weighted by Crippen LogP contribution is -2.23. The van der Waals surface area contributed by atoms with Crippen molar-refractivity contribution in [2.24, 2.45) is 0 Å². The summed E-state index contributed by atoms with van der Waals surface area (Å²) in [4.78, 5) is 20.7. The molecular weight excluding hydrogens is 326 g/mol. The van der Waals surface area contributed by atoms with Crippen LogP contribution in [0.25, 0.3) is 11.4 Å². The summed E-state index contributed by atoms with van der Waals surface area (Å²) in [5.74, 6) is -0.145. The molecule has 1 aliphatic carbocycles. The monoisotopic (exact) mass is 347 g/mol. The van der Waals surface area contributed by atoms with Gasteiger partial charge in [0.2, 0.25) is 0 Å². The van der Waals surface area contributed by atoms with Crippen LogP contribution < -0.4 is 5.32 Å². The zero-order valence-corrected chi connectivity index (χ0v) is 14.5. The predicted molar refractivity (Wildman–Crippen MR) is 98.4 cm³/mol. The fraction of sp³-hybridized carbons (Fsp3) is 0.300. The van der Waals surface area contributed by atoms with Crippen LogP contribution in [0.15, 0.2) is 55.0 Å². The lowest BCUT2D eigenvalue weighted by Gasteiger charge is -2.13. The van der Waals surface area contributed by atoms with Crippen LogP contribution >= 0.6 is 0 Å². The Kier molecular flexibility index (Phi) is 4.73. The molecule has 4 rings (SSSR count). The van der Waals surface area contributed by atoms with E-state index in [0.717, 1.165) is 29.9 Å². The lowest BCUT2D eigenvalue weighted by molar-refractivity contribution is 0.0950. The Bertz CT molecular complexity index is 870. The first-order valence-electron chi connectivity index (χ1n) is 8.99. The molecule has 1 N–H and O–H groups in total. The molecule has 0 spiro atoms. The first kappa shape index (κ1) is 16.4. The van der Waals surface area contributed by atoms with Crippen LogP contribution in [-0.2, 0) is 6.54 Å². The Morgan fingerprint density at radius 1 is 1.15 bits per heavy atom. The van der Waals surface area contributed by atoms with Gasteiger partial charge in [0, 0.05) is 18.6 Å². The van der Waals surface area contributed by atoms with Crippen molar-refractivity contribution in [2.45, 2.75) is 38.3 Å². The van der Waals surface area contributed by atoms with Crippen LogP contribution in [0.2, 0.25) is 0 Å². The highest BCUT2D eigenvalue weighted by atomic mass is 16.1. The normalized spacial score (nSPS) is 14.5. The van der Waals surface area contributed by atoms with Gasteiger partial charge in [-0.15, -0.1) is 0 Å². The molecule has 0 radical (unpaired) electrons. The van der Waals surface area contributed by atoms with E-state index in [1.165, 1.54) is 12.8 Å². The number of hydrogen-bond donors (Lipinski definition) is 1. The minimum absolute atomic E-state index is 0.145. The van der Waals surface area contributed by atoms with Gasteiger partial charge in [-0.25, -0.2) is 0 Å². The SMILES string of the molecule is O=C(NCc1cc(-c2ccccn2)n(C2CCCC2)n1)c1cccnc1. The Morgan fingerprint density at radius 3 is 2.77 bits per heavy atom. The number of amides is 1. The number of rotatable bonds is 5. The quantitative estimate of drug-likeness (QED) is 0.768. The second-order valence-corrected chi connectivity index (χ2v) is 6.54. The number of pyridine rings is 2. The second-order valence-electron chi connectivity index (χ2n) is 6.54. The number of hydrogen-bond acceptors (Lipinski definition) is 4. The van der Waals surface area contributed by atoms with E-state index in [1.54, 1.807) is 30.7 Å². The molecule has 0 atom stereocenters. The predicted octanol–water partition coefficient (Wildman–Crippen LogP) is 3.39. The highest BCUT2D eigenvalue weighted by Crippen LogP contribution is 2.33. The third-order valence-corrected chi connectivity index (χ3v) is 4.74. The molecule has 0 saturated heterocycles. The number of nitrogens with one attached hydrogen (secondary N) is 1. The third-order valence-electron chi connectivity index (χ3n) is 4.74. The topological polar surface area (TPSA) is 72.7 Å². The number of carbonyl (C=O) groups excluding carboxylic acids is 1. The molecule has 6 nitrogen and oxygen atoms in total. The van der Waals surface area contributed by atoms with Gasteiger partial charge in [0.1, 0.15) is 0 Å². The highest BCUT2D eigenvalue weighted by molar-refractivity contribution is 5.93. The van der Waals surface area contributed by atoms with E-state index in [2.05, 4.69) is 20.0 Å². The van der Waals surface area contributed by atoms with Crippen molar-refractivity contribution in [2.75, 3.05) is 0 Å². The standard InChI is InChI=1S/C20H21N5O/c26-20(15-6-5-10-21-13-15)23-14-16-12-19(18-9-3-4-11-22-18)25(24-16)17-7-1-2-8-17/h3-6,9-13,17H,1-2,7-8,14H2,(H,23,26). The van der Waals surface area contributed by atoms with Gasteiger partial charge in [-0.1, -0.05) is 18.9 Å². The third kappa shape index (κ3) is 3.49. The average Bonchev–Trinajstić information content (AvgIpc) is 3.37. The fourth-order valence-electron chi connectivity index (χ4n) is 3.43. The summed E-state index contributed by atoms with van der Waals surface area (Å²) in [5.41, 5.74) is 3.32. The minimum Gasteiger partial charge on any atom is -0.346 e. The summed E-state index contributed by atoms with van der Waals surface area (Å²) in [7, 11) is 0. The van der Waals surface area contributed by atoms with Crippen molar-refractivity contribution in [1.29, 1.82) is 0 Å². The molecule has 132 valence electrons. The van der Waals surface area contributed by atoms with Crippen molar-refractivity contribution in [3.8, 4) is 11.4 Å². The second kappa shape index (κ2) is 7.47. The Morgan fingerprint density at radius 2 is 2.04 bits per heavy atom. The number of aromatic nitrogens is 4. The molecule has 3 aromatic rings. The maximum atomic E-state index is 12.2. The van der Waals surface area contributed by atoms with E-state index in [1.807, 2.05) is 24.3 Å². The Labute approximate surface area is 152 Å². The van der Waals surface area contributed by atoms with Gasteiger partial charge < -0.3 is 5.32 Å². The van der Waals surface area contributed by atoms with E-state index in [-0.39, 0.29) is 5.91 Å². The van der Waals surface area contributed by atoms with Crippen molar-refractivity contribution in [1.82, 2.24) is 25.1 Å². The van der Waals surface area contributed by atoms with E-state index in [9.17, 15) is 4.79 Å². The van der Waals surface area contributed by atoms with E-state index < -0.39 is 0 Å². The first-order valence-corrected chi connectivity index (χ1v) is 8.99. The lowest BCUT2D eigenvalue weighted by atomic mass is 10.2. The summed E-state index contributed by atoms with van der Waals surface area (Å²) < 4.78 is 2.10. The maximum Gasteiger partial charge on any atom is 0.253 e. The Balaban J connectivity index is 1.56. The highest BCUT2D eigenvalue weighted by Gasteiger charge is 2.22. The molecule has 6 heteroatoms. The number of nitrogens with zero attached hydrogens (tertiary/aromatic N) is 4. The molecule has 0 aliphatic heterocycles. The van der Waals surface area contributed by atoms with Crippen LogP contribution in [0.3, 0.4) is 0 Å².